The van der Waals surface area contributed by atoms with Crippen molar-refractivity contribution in [2.75, 3.05) is 7.05 Å². The van der Waals surface area contributed by atoms with E-state index in [4.69, 9.17) is 0 Å². The lowest BCUT2D eigenvalue weighted by Gasteiger charge is -2.24. The van der Waals surface area contributed by atoms with Gasteiger partial charge in [-0.1, -0.05) is 6.07 Å². The Kier molecular flexibility index (Phi) is 5.51. The van der Waals surface area contributed by atoms with Crippen molar-refractivity contribution >= 4 is 22.7 Å². The molecule has 0 unspecified atom stereocenters. The van der Waals surface area contributed by atoms with Crippen molar-refractivity contribution in [3.05, 3.63) is 38.5 Å². The van der Waals surface area contributed by atoms with Gasteiger partial charge in [0.25, 0.3) is 0 Å². The van der Waals surface area contributed by atoms with Crippen LogP contribution in [0, 0.1) is 0 Å². The number of nitrogens with zero attached hydrogens (tertiary/aromatic N) is 2. The summed E-state index contributed by atoms with van der Waals surface area (Å²) in [5, 5.41) is 8.63. The molecule has 19 heavy (non-hydrogen) atoms. The lowest BCUT2D eigenvalue weighted by Crippen LogP contribution is -2.29. The summed E-state index contributed by atoms with van der Waals surface area (Å²) < 4.78 is 0. The van der Waals surface area contributed by atoms with Gasteiger partial charge in [-0.05, 0) is 32.3 Å². The van der Waals surface area contributed by atoms with Gasteiger partial charge in [0.2, 0.25) is 0 Å². The Bertz CT molecular complexity index is 477. The van der Waals surface area contributed by atoms with Gasteiger partial charge in [0.05, 0.1) is 5.69 Å². The van der Waals surface area contributed by atoms with Crippen molar-refractivity contribution in [2.24, 2.45) is 0 Å². The third-order valence-electron chi connectivity index (χ3n) is 2.96. The molecule has 0 aliphatic rings. The largest absolute Gasteiger partial charge is 0.314 e. The first-order valence-electron chi connectivity index (χ1n) is 6.53. The highest BCUT2D eigenvalue weighted by Gasteiger charge is 2.13. The molecule has 0 atom stereocenters. The fourth-order valence-electron chi connectivity index (χ4n) is 1.89. The second kappa shape index (κ2) is 7.14. The highest BCUT2D eigenvalue weighted by molar-refractivity contribution is 7.10. The molecule has 5 heteroatoms. The van der Waals surface area contributed by atoms with Gasteiger partial charge in [-0.15, -0.1) is 22.7 Å². The molecule has 2 aromatic rings. The van der Waals surface area contributed by atoms with E-state index in [0.717, 1.165) is 24.6 Å². The van der Waals surface area contributed by atoms with Crippen molar-refractivity contribution in [2.45, 2.75) is 39.5 Å². The molecule has 104 valence electrons. The Morgan fingerprint density at radius 1 is 1.32 bits per heavy atom. The normalized spacial score (nSPS) is 11.6. The van der Waals surface area contributed by atoms with E-state index in [2.05, 4.69) is 51.9 Å². The number of nitrogens with one attached hydrogen (secondary N) is 1. The van der Waals surface area contributed by atoms with Gasteiger partial charge in [-0.25, -0.2) is 4.98 Å². The minimum atomic E-state index is 0.525. The molecule has 2 heterocycles. The minimum absolute atomic E-state index is 0.525. The third kappa shape index (κ3) is 4.38. The number of thiophene rings is 1. The molecule has 0 fully saturated rings. The fourth-order valence-corrected chi connectivity index (χ4v) is 3.41. The van der Waals surface area contributed by atoms with Crippen molar-refractivity contribution in [3.8, 4) is 0 Å². The van der Waals surface area contributed by atoms with Crippen LogP contribution in [0.15, 0.2) is 22.9 Å². The average molecular weight is 295 g/mol. The van der Waals surface area contributed by atoms with Crippen LogP contribution in [0.3, 0.4) is 0 Å². The van der Waals surface area contributed by atoms with Crippen LogP contribution in [-0.2, 0) is 19.6 Å². The molecule has 0 aromatic carbocycles. The van der Waals surface area contributed by atoms with E-state index in [1.54, 1.807) is 11.3 Å². The van der Waals surface area contributed by atoms with Crippen LogP contribution in [0.25, 0.3) is 0 Å². The first kappa shape index (κ1) is 14.7. The van der Waals surface area contributed by atoms with Crippen LogP contribution in [0.5, 0.6) is 0 Å². The van der Waals surface area contributed by atoms with Crippen molar-refractivity contribution < 1.29 is 0 Å². The van der Waals surface area contributed by atoms with Crippen LogP contribution < -0.4 is 5.32 Å². The zero-order valence-electron chi connectivity index (χ0n) is 11.7. The molecule has 0 saturated heterocycles. The second-order valence-corrected chi connectivity index (χ2v) is 6.82. The monoisotopic (exact) mass is 295 g/mol. The van der Waals surface area contributed by atoms with Gasteiger partial charge in [0.15, 0.2) is 0 Å². The summed E-state index contributed by atoms with van der Waals surface area (Å²) >= 11 is 3.56. The summed E-state index contributed by atoms with van der Waals surface area (Å²) in [6, 6.07) is 4.84. The quantitative estimate of drug-likeness (QED) is 0.849. The number of hydrogen-bond donors (Lipinski definition) is 1. The summed E-state index contributed by atoms with van der Waals surface area (Å²) in [5.74, 6) is 0. The average Bonchev–Trinajstić information content (AvgIpc) is 3.01. The van der Waals surface area contributed by atoms with E-state index in [1.807, 2.05) is 18.4 Å². The molecule has 1 N–H and O–H groups in total. The molecule has 3 nitrogen and oxygen atoms in total. The second-order valence-electron chi connectivity index (χ2n) is 4.84. The Labute approximate surface area is 123 Å². The van der Waals surface area contributed by atoms with E-state index in [0.29, 0.717) is 6.04 Å². The molecule has 0 saturated carbocycles. The van der Waals surface area contributed by atoms with Gasteiger partial charge in [-0.2, -0.15) is 0 Å². The summed E-state index contributed by atoms with van der Waals surface area (Å²) in [6.45, 7) is 7.28. The summed E-state index contributed by atoms with van der Waals surface area (Å²) in [7, 11) is 1.96. The van der Waals surface area contributed by atoms with Crippen LogP contribution in [-0.4, -0.2) is 23.0 Å². The van der Waals surface area contributed by atoms with Gasteiger partial charge >= 0.3 is 0 Å². The number of aromatic nitrogens is 1. The standard InChI is InChI=1S/C14H21N3S2/c1-11(2)17(9-13-5-4-6-18-13)8-12-10-19-14(16-12)7-15-3/h4-6,10-11,15H,7-9H2,1-3H3. The van der Waals surface area contributed by atoms with E-state index < -0.39 is 0 Å². The highest BCUT2D eigenvalue weighted by atomic mass is 32.1. The number of thiazole rings is 1. The summed E-state index contributed by atoms with van der Waals surface area (Å²) in [4.78, 5) is 8.55. The van der Waals surface area contributed by atoms with Crippen LogP contribution in [0.4, 0.5) is 0 Å². The van der Waals surface area contributed by atoms with Crippen LogP contribution in [0.1, 0.15) is 29.4 Å². The first-order valence-corrected chi connectivity index (χ1v) is 8.29. The Morgan fingerprint density at radius 2 is 2.16 bits per heavy atom. The minimum Gasteiger partial charge on any atom is -0.314 e. The van der Waals surface area contributed by atoms with Crippen LogP contribution in [0.2, 0.25) is 0 Å². The van der Waals surface area contributed by atoms with Gasteiger partial charge in [0.1, 0.15) is 5.01 Å². The maximum atomic E-state index is 4.67. The molecule has 0 bridgehead atoms. The maximum absolute atomic E-state index is 4.67. The number of hydrogen-bond acceptors (Lipinski definition) is 5. The summed E-state index contributed by atoms with van der Waals surface area (Å²) in [5.41, 5.74) is 1.18. The molecule has 2 rings (SSSR count). The number of rotatable bonds is 7. The lowest BCUT2D eigenvalue weighted by molar-refractivity contribution is 0.203. The summed E-state index contributed by atoms with van der Waals surface area (Å²) in [6.07, 6.45) is 0. The van der Waals surface area contributed by atoms with E-state index in [1.165, 1.54) is 10.6 Å². The predicted octanol–water partition coefficient (Wildman–Crippen LogP) is 3.33. The Morgan fingerprint density at radius 3 is 2.79 bits per heavy atom. The van der Waals surface area contributed by atoms with E-state index in [9.17, 15) is 0 Å². The molecule has 0 spiro atoms. The van der Waals surface area contributed by atoms with Crippen molar-refractivity contribution in [1.82, 2.24) is 15.2 Å². The van der Waals surface area contributed by atoms with Crippen molar-refractivity contribution in [3.63, 3.8) is 0 Å². The molecule has 0 radical (unpaired) electrons. The van der Waals surface area contributed by atoms with Gasteiger partial charge in [-0.3, -0.25) is 4.90 Å². The first-order chi connectivity index (χ1) is 9.19. The van der Waals surface area contributed by atoms with E-state index in [-0.39, 0.29) is 0 Å². The third-order valence-corrected chi connectivity index (χ3v) is 4.72. The SMILES string of the molecule is CNCc1nc(CN(Cc2cccs2)C(C)C)cs1. The Balaban J connectivity index is 1.99. The zero-order chi connectivity index (χ0) is 13.7. The zero-order valence-corrected chi connectivity index (χ0v) is 13.4. The molecular weight excluding hydrogens is 274 g/mol. The maximum Gasteiger partial charge on any atom is 0.107 e. The molecule has 0 aliphatic heterocycles. The topological polar surface area (TPSA) is 28.2 Å². The smallest absolute Gasteiger partial charge is 0.107 e. The van der Waals surface area contributed by atoms with Gasteiger partial charge in [0, 0.05) is 35.9 Å². The molecule has 0 amide bonds. The molecule has 2 aromatic heterocycles. The lowest BCUT2D eigenvalue weighted by atomic mass is 10.2. The van der Waals surface area contributed by atoms with Crippen LogP contribution >= 0.6 is 22.7 Å². The van der Waals surface area contributed by atoms with Gasteiger partial charge < -0.3 is 5.32 Å². The van der Waals surface area contributed by atoms with E-state index >= 15 is 0 Å². The fraction of sp³-hybridized carbons (Fsp3) is 0.500. The highest BCUT2D eigenvalue weighted by Crippen LogP contribution is 2.18. The van der Waals surface area contributed by atoms with Crippen molar-refractivity contribution in [1.29, 1.82) is 0 Å². The Hall–Kier alpha value is -0.750. The molecular formula is C14H21N3S2. The molecule has 0 aliphatic carbocycles. The predicted molar refractivity (Wildman–Crippen MR) is 83.6 cm³/mol.